The number of amides is 1. The fourth-order valence-corrected chi connectivity index (χ4v) is 2.58. The van der Waals surface area contributed by atoms with Gasteiger partial charge in [-0.1, -0.05) is 12.8 Å². The van der Waals surface area contributed by atoms with E-state index in [4.69, 9.17) is 10.5 Å². The van der Waals surface area contributed by atoms with E-state index in [0.717, 1.165) is 17.3 Å². The van der Waals surface area contributed by atoms with Crippen molar-refractivity contribution in [3.8, 4) is 5.75 Å². The summed E-state index contributed by atoms with van der Waals surface area (Å²) in [6, 6.07) is 5.61. The van der Waals surface area contributed by atoms with Crippen molar-refractivity contribution in [1.82, 2.24) is 5.32 Å². The van der Waals surface area contributed by atoms with Gasteiger partial charge in [0.25, 0.3) is 5.91 Å². The van der Waals surface area contributed by atoms with Crippen molar-refractivity contribution in [2.45, 2.75) is 44.8 Å². The quantitative estimate of drug-likeness (QED) is 0.836. The molecule has 0 aromatic heterocycles. The van der Waals surface area contributed by atoms with Gasteiger partial charge in [-0.25, -0.2) is 0 Å². The lowest BCUT2D eigenvalue weighted by molar-refractivity contribution is -0.127. The largest absolute Gasteiger partial charge is 0.480 e. The lowest BCUT2D eigenvalue weighted by Gasteiger charge is -2.18. The van der Waals surface area contributed by atoms with Crippen molar-refractivity contribution in [2.24, 2.45) is 0 Å². The molecule has 0 heterocycles. The molecule has 5 heteroatoms. The van der Waals surface area contributed by atoms with Crippen LogP contribution in [-0.2, 0) is 4.79 Å². The van der Waals surface area contributed by atoms with Crippen molar-refractivity contribution >= 4 is 27.5 Å². The number of nitrogens with two attached hydrogens (primary N) is 1. The molecule has 0 spiro atoms. The van der Waals surface area contributed by atoms with Crippen molar-refractivity contribution in [3.63, 3.8) is 0 Å². The van der Waals surface area contributed by atoms with E-state index >= 15 is 0 Å². The first kappa shape index (κ1) is 14.2. The second kappa shape index (κ2) is 6.28. The van der Waals surface area contributed by atoms with Gasteiger partial charge in [-0.2, -0.15) is 0 Å². The molecule has 0 aliphatic heterocycles. The highest BCUT2D eigenvalue weighted by Crippen LogP contribution is 2.28. The van der Waals surface area contributed by atoms with E-state index in [-0.39, 0.29) is 5.91 Å². The number of nitrogens with one attached hydrogen (secondary N) is 1. The number of benzene rings is 1. The molecule has 1 aromatic carbocycles. The Morgan fingerprint density at radius 3 is 2.84 bits per heavy atom. The second-order valence-electron chi connectivity index (χ2n) is 4.94. The molecule has 1 unspecified atom stereocenters. The summed E-state index contributed by atoms with van der Waals surface area (Å²) >= 11 is 3.38. The minimum atomic E-state index is -0.529. The number of carbonyl (C=O) groups is 1. The Bertz CT molecular complexity index is 459. The third-order valence-corrected chi connectivity index (χ3v) is 3.98. The summed E-state index contributed by atoms with van der Waals surface area (Å²) < 4.78 is 6.45. The van der Waals surface area contributed by atoms with E-state index in [2.05, 4.69) is 21.2 Å². The zero-order valence-electron chi connectivity index (χ0n) is 11.0. The molecule has 1 aliphatic carbocycles. The Morgan fingerprint density at radius 2 is 2.16 bits per heavy atom. The maximum Gasteiger partial charge on any atom is 0.260 e. The molecular formula is C14H19BrN2O2. The smallest absolute Gasteiger partial charge is 0.260 e. The van der Waals surface area contributed by atoms with Crippen LogP contribution < -0.4 is 15.8 Å². The third kappa shape index (κ3) is 3.86. The van der Waals surface area contributed by atoms with Gasteiger partial charge in [0.2, 0.25) is 0 Å². The van der Waals surface area contributed by atoms with Crippen molar-refractivity contribution in [2.75, 3.05) is 5.73 Å². The lowest BCUT2D eigenvalue weighted by Crippen LogP contribution is -2.41. The molecule has 0 radical (unpaired) electrons. The number of anilines is 1. The standard InChI is InChI=1S/C14H19BrN2O2/c1-9(14(18)17-11-4-2-3-5-11)19-13-8-10(16)6-7-12(13)15/h6-9,11H,2-5,16H2,1H3,(H,17,18). The predicted octanol–water partition coefficient (Wildman–Crippen LogP) is 2.86. The van der Waals surface area contributed by atoms with E-state index in [9.17, 15) is 4.79 Å². The molecule has 0 saturated heterocycles. The summed E-state index contributed by atoms with van der Waals surface area (Å²) in [6.07, 6.45) is 4.00. The molecule has 19 heavy (non-hydrogen) atoms. The Balaban J connectivity index is 1.93. The second-order valence-corrected chi connectivity index (χ2v) is 5.79. The number of halogens is 1. The average Bonchev–Trinajstić information content (AvgIpc) is 2.86. The Hall–Kier alpha value is -1.23. The molecule has 104 valence electrons. The summed E-state index contributed by atoms with van der Waals surface area (Å²) in [4.78, 5) is 12.0. The summed E-state index contributed by atoms with van der Waals surface area (Å²) in [5, 5.41) is 3.02. The van der Waals surface area contributed by atoms with Gasteiger partial charge in [-0.05, 0) is 47.8 Å². The maximum absolute atomic E-state index is 12.0. The Labute approximate surface area is 121 Å². The number of rotatable bonds is 4. The van der Waals surface area contributed by atoms with Gasteiger partial charge < -0.3 is 15.8 Å². The summed E-state index contributed by atoms with van der Waals surface area (Å²) in [5.74, 6) is 0.523. The van der Waals surface area contributed by atoms with Crippen LogP contribution in [0.15, 0.2) is 22.7 Å². The molecule has 2 rings (SSSR count). The summed E-state index contributed by atoms with van der Waals surface area (Å²) in [7, 11) is 0. The van der Waals surface area contributed by atoms with Crippen LogP contribution in [0.2, 0.25) is 0 Å². The van der Waals surface area contributed by atoms with Gasteiger partial charge in [0.1, 0.15) is 5.75 Å². The molecule has 1 amide bonds. The van der Waals surface area contributed by atoms with Crippen LogP contribution >= 0.6 is 15.9 Å². The molecule has 3 N–H and O–H groups in total. The highest BCUT2D eigenvalue weighted by molar-refractivity contribution is 9.10. The monoisotopic (exact) mass is 326 g/mol. The average molecular weight is 327 g/mol. The van der Waals surface area contributed by atoms with Crippen LogP contribution in [0.1, 0.15) is 32.6 Å². The topological polar surface area (TPSA) is 64.3 Å². The van der Waals surface area contributed by atoms with E-state index < -0.39 is 6.10 Å². The first-order valence-corrected chi connectivity index (χ1v) is 7.37. The highest BCUT2D eigenvalue weighted by atomic mass is 79.9. The fourth-order valence-electron chi connectivity index (χ4n) is 2.24. The van der Waals surface area contributed by atoms with E-state index in [1.807, 2.05) is 6.07 Å². The van der Waals surface area contributed by atoms with Crippen molar-refractivity contribution in [1.29, 1.82) is 0 Å². The molecular weight excluding hydrogens is 308 g/mol. The fraction of sp³-hybridized carbons (Fsp3) is 0.500. The Kier molecular flexibility index (Phi) is 4.69. The Morgan fingerprint density at radius 1 is 1.47 bits per heavy atom. The molecule has 4 nitrogen and oxygen atoms in total. The minimum Gasteiger partial charge on any atom is -0.480 e. The van der Waals surface area contributed by atoms with Crippen LogP contribution in [0.5, 0.6) is 5.75 Å². The summed E-state index contributed by atoms with van der Waals surface area (Å²) in [5.41, 5.74) is 6.32. The normalized spacial score (nSPS) is 17.2. The highest BCUT2D eigenvalue weighted by Gasteiger charge is 2.22. The predicted molar refractivity (Wildman–Crippen MR) is 79.0 cm³/mol. The third-order valence-electron chi connectivity index (χ3n) is 3.33. The molecule has 1 aliphatic rings. The van der Waals surface area contributed by atoms with Crippen LogP contribution in [-0.4, -0.2) is 18.1 Å². The zero-order valence-corrected chi connectivity index (χ0v) is 12.6. The number of carbonyl (C=O) groups excluding carboxylic acids is 1. The first-order chi connectivity index (χ1) is 9.06. The number of hydrogen-bond acceptors (Lipinski definition) is 3. The maximum atomic E-state index is 12.0. The van der Waals surface area contributed by atoms with Gasteiger partial charge in [0, 0.05) is 17.8 Å². The van der Waals surface area contributed by atoms with E-state index in [1.54, 1.807) is 19.1 Å². The van der Waals surface area contributed by atoms with Gasteiger partial charge in [-0.15, -0.1) is 0 Å². The molecule has 1 atom stereocenters. The molecule has 1 aromatic rings. The minimum absolute atomic E-state index is 0.0683. The van der Waals surface area contributed by atoms with Crippen LogP contribution in [0, 0.1) is 0 Å². The van der Waals surface area contributed by atoms with E-state index in [0.29, 0.717) is 17.5 Å². The number of nitrogen functional groups attached to an aromatic ring is 1. The number of hydrogen-bond donors (Lipinski definition) is 2. The van der Waals surface area contributed by atoms with E-state index in [1.165, 1.54) is 12.8 Å². The summed E-state index contributed by atoms with van der Waals surface area (Å²) in [6.45, 7) is 1.75. The molecule has 0 bridgehead atoms. The number of ether oxygens (including phenoxy) is 1. The lowest BCUT2D eigenvalue weighted by atomic mass is 10.2. The van der Waals surface area contributed by atoms with Crippen LogP contribution in [0.4, 0.5) is 5.69 Å². The van der Waals surface area contributed by atoms with Gasteiger partial charge in [-0.3, -0.25) is 4.79 Å². The van der Waals surface area contributed by atoms with Gasteiger partial charge in [0.05, 0.1) is 4.47 Å². The van der Waals surface area contributed by atoms with Crippen molar-refractivity contribution in [3.05, 3.63) is 22.7 Å². The van der Waals surface area contributed by atoms with Gasteiger partial charge >= 0.3 is 0 Å². The molecule has 1 saturated carbocycles. The van der Waals surface area contributed by atoms with Gasteiger partial charge in [0.15, 0.2) is 6.10 Å². The zero-order chi connectivity index (χ0) is 13.8. The molecule has 1 fully saturated rings. The SMILES string of the molecule is CC(Oc1cc(N)ccc1Br)C(=O)NC1CCCC1. The van der Waals surface area contributed by atoms with Crippen LogP contribution in [0.3, 0.4) is 0 Å². The van der Waals surface area contributed by atoms with Crippen LogP contribution in [0.25, 0.3) is 0 Å². The van der Waals surface area contributed by atoms with Crippen molar-refractivity contribution < 1.29 is 9.53 Å². The first-order valence-electron chi connectivity index (χ1n) is 6.58.